The lowest BCUT2D eigenvalue weighted by atomic mass is 10.1. The van der Waals surface area contributed by atoms with E-state index in [0.717, 1.165) is 17.4 Å². The van der Waals surface area contributed by atoms with Gasteiger partial charge in [0.15, 0.2) is 0 Å². The molecule has 0 aromatic heterocycles. The van der Waals surface area contributed by atoms with Crippen molar-refractivity contribution in [2.45, 2.75) is 17.6 Å². The predicted octanol–water partition coefficient (Wildman–Crippen LogP) is 4.39. The van der Waals surface area contributed by atoms with E-state index in [-0.39, 0.29) is 0 Å². The van der Waals surface area contributed by atoms with Crippen LogP contribution >= 0.6 is 11.8 Å². The molecule has 2 nitrogen and oxygen atoms in total. The maximum absolute atomic E-state index is 10.5. The van der Waals surface area contributed by atoms with E-state index in [9.17, 15) is 4.79 Å². The summed E-state index contributed by atoms with van der Waals surface area (Å²) in [5.41, 5.74) is 3.35. The van der Waals surface area contributed by atoms with Crippen molar-refractivity contribution in [2.75, 3.05) is 0 Å². The summed E-state index contributed by atoms with van der Waals surface area (Å²) in [6.07, 6.45) is 2.77. The summed E-state index contributed by atoms with van der Waals surface area (Å²) in [4.78, 5) is 11.8. The summed E-state index contributed by atoms with van der Waals surface area (Å²) in [6.45, 7) is 2.08. The van der Waals surface area contributed by atoms with Crippen LogP contribution in [0.4, 0.5) is 0 Å². The number of benzene rings is 2. The third-order valence-electron chi connectivity index (χ3n) is 2.76. The molecule has 0 bridgehead atoms. The molecule has 0 heterocycles. The van der Waals surface area contributed by atoms with Gasteiger partial charge in [-0.2, -0.15) is 0 Å². The number of rotatable bonds is 5. The van der Waals surface area contributed by atoms with Gasteiger partial charge in [0.25, 0.3) is 0 Å². The number of thioether (sulfide) groups is 1. The molecule has 20 heavy (non-hydrogen) atoms. The third-order valence-corrected chi connectivity index (χ3v) is 3.83. The van der Waals surface area contributed by atoms with E-state index < -0.39 is 5.97 Å². The minimum atomic E-state index is -0.926. The molecule has 0 aliphatic rings. The molecule has 0 unspecified atom stereocenters. The van der Waals surface area contributed by atoms with E-state index in [1.165, 1.54) is 16.0 Å². The Hall–Kier alpha value is -2.00. The summed E-state index contributed by atoms with van der Waals surface area (Å²) in [6, 6.07) is 16.3. The Bertz CT molecular complexity index is 632. The molecule has 0 spiro atoms. The van der Waals surface area contributed by atoms with Crippen molar-refractivity contribution in [1.29, 1.82) is 0 Å². The first-order valence-corrected chi connectivity index (χ1v) is 7.31. The monoisotopic (exact) mass is 284 g/mol. The van der Waals surface area contributed by atoms with Crippen LogP contribution in [0.25, 0.3) is 6.08 Å². The highest BCUT2D eigenvalue weighted by Crippen LogP contribution is 2.24. The molecule has 3 heteroatoms. The summed E-state index contributed by atoms with van der Waals surface area (Å²) in [5.74, 6) is -0.0531. The van der Waals surface area contributed by atoms with Crippen LogP contribution in [0.5, 0.6) is 0 Å². The maximum atomic E-state index is 10.5. The van der Waals surface area contributed by atoms with Gasteiger partial charge in [-0.15, -0.1) is 11.8 Å². The minimum Gasteiger partial charge on any atom is -0.478 e. The van der Waals surface area contributed by atoms with E-state index in [1.807, 2.05) is 18.2 Å². The van der Waals surface area contributed by atoms with Crippen molar-refractivity contribution in [3.63, 3.8) is 0 Å². The smallest absolute Gasteiger partial charge is 0.328 e. The fourth-order valence-corrected chi connectivity index (χ4v) is 2.78. The summed E-state index contributed by atoms with van der Waals surface area (Å²) >= 11 is 1.78. The summed E-state index contributed by atoms with van der Waals surface area (Å²) in [5, 5.41) is 8.63. The van der Waals surface area contributed by atoms with Crippen LogP contribution in [0, 0.1) is 6.92 Å². The van der Waals surface area contributed by atoms with Crippen molar-refractivity contribution in [2.24, 2.45) is 0 Å². The van der Waals surface area contributed by atoms with E-state index >= 15 is 0 Å². The Morgan fingerprint density at radius 1 is 1.20 bits per heavy atom. The lowest BCUT2D eigenvalue weighted by Gasteiger charge is -2.04. The van der Waals surface area contributed by atoms with Gasteiger partial charge in [-0.05, 0) is 36.3 Å². The van der Waals surface area contributed by atoms with Gasteiger partial charge in [-0.3, -0.25) is 0 Å². The van der Waals surface area contributed by atoms with Crippen LogP contribution < -0.4 is 0 Å². The standard InChI is InChI=1S/C17H16O2S/c1-13-4-2-7-16(10-13)20-12-15-6-3-5-14(11-15)8-9-17(18)19/h2-11H,12H2,1H3,(H,18,19). The van der Waals surface area contributed by atoms with Crippen molar-refractivity contribution in [3.05, 3.63) is 71.3 Å². The van der Waals surface area contributed by atoms with Crippen molar-refractivity contribution >= 4 is 23.8 Å². The molecule has 2 aromatic rings. The van der Waals surface area contributed by atoms with Crippen LogP contribution in [0.1, 0.15) is 16.7 Å². The lowest BCUT2D eigenvalue weighted by molar-refractivity contribution is -0.131. The normalized spacial score (nSPS) is 10.8. The summed E-state index contributed by atoms with van der Waals surface area (Å²) < 4.78 is 0. The average Bonchev–Trinajstić information content (AvgIpc) is 2.43. The molecule has 0 saturated heterocycles. The molecule has 2 rings (SSSR count). The molecular formula is C17H16O2S. The van der Waals surface area contributed by atoms with E-state index in [2.05, 4.69) is 37.3 Å². The fraction of sp³-hybridized carbons (Fsp3) is 0.118. The number of hydrogen-bond donors (Lipinski definition) is 1. The Labute approximate surface area is 123 Å². The number of aryl methyl sites for hydroxylation is 1. The van der Waals surface area contributed by atoms with Crippen LogP contribution in [0.15, 0.2) is 59.5 Å². The third kappa shape index (κ3) is 4.59. The second-order valence-electron chi connectivity index (χ2n) is 4.52. The molecule has 0 amide bonds. The molecular weight excluding hydrogens is 268 g/mol. The van der Waals surface area contributed by atoms with Crippen molar-refractivity contribution in [3.8, 4) is 0 Å². The second-order valence-corrected chi connectivity index (χ2v) is 5.57. The van der Waals surface area contributed by atoms with E-state index in [1.54, 1.807) is 17.8 Å². The molecule has 2 aromatic carbocycles. The number of carboxylic acids is 1. The van der Waals surface area contributed by atoms with Crippen molar-refractivity contribution in [1.82, 2.24) is 0 Å². The topological polar surface area (TPSA) is 37.3 Å². The lowest BCUT2D eigenvalue weighted by Crippen LogP contribution is -1.87. The van der Waals surface area contributed by atoms with Crippen molar-refractivity contribution < 1.29 is 9.90 Å². The zero-order valence-corrected chi connectivity index (χ0v) is 12.1. The highest BCUT2D eigenvalue weighted by molar-refractivity contribution is 7.98. The van der Waals surface area contributed by atoms with Gasteiger partial charge in [-0.25, -0.2) is 4.79 Å². The van der Waals surface area contributed by atoms with Gasteiger partial charge in [0.05, 0.1) is 0 Å². The molecule has 0 aliphatic carbocycles. The van der Waals surface area contributed by atoms with Crippen LogP contribution in [-0.4, -0.2) is 11.1 Å². The molecule has 1 N–H and O–H groups in total. The number of carboxylic acid groups (broad SMARTS) is 1. The van der Waals surface area contributed by atoms with E-state index in [4.69, 9.17) is 5.11 Å². The molecule has 0 fully saturated rings. The molecule has 0 aliphatic heterocycles. The zero-order chi connectivity index (χ0) is 14.4. The fourth-order valence-electron chi connectivity index (χ4n) is 1.83. The maximum Gasteiger partial charge on any atom is 0.328 e. The highest BCUT2D eigenvalue weighted by atomic mass is 32.2. The summed E-state index contributed by atoms with van der Waals surface area (Å²) in [7, 11) is 0. The Morgan fingerprint density at radius 3 is 2.75 bits per heavy atom. The first-order valence-electron chi connectivity index (χ1n) is 6.33. The quantitative estimate of drug-likeness (QED) is 0.653. The van der Waals surface area contributed by atoms with Gasteiger partial charge < -0.3 is 5.11 Å². The number of carbonyl (C=O) groups is 1. The first kappa shape index (κ1) is 14.4. The van der Waals surface area contributed by atoms with Crippen LogP contribution in [0.3, 0.4) is 0 Å². The van der Waals surface area contributed by atoms with Gasteiger partial charge in [0.1, 0.15) is 0 Å². The molecule has 0 radical (unpaired) electrons. The molecule has 0 saturated carbocycles. The highest BCUT2D eigenvalue weighted by Gasteiger charge is 1.98. The Morgan fingerprint density at radius 2 is 2.00 bits per heavy atom. The SMILES string of the molecule is Cc1cccc(SCc2cccc(C=CC(=O)O)c2)c1. The van der Waals surface area contributed by atoms with E-state index in [0.29, 0.717) is 0 Å². The minimum absolute atomic E-state index is 0.873. The molecule has 102 valence electrons. The van der Waals surface area contributed by atoms with Gasteiger partial charge in [0.2, 0.25) is 0 Å². The average molecular weight is 284 g/mol. The van der Waals surface area contributed by atoms with Gasteiger partial charge in [0, 0.05) is 16.7 Å². The van der Waals surface area contributed by atoms with Crippen LogP contribution in [-0.2, 0) is 10.5 Å². The predicted molar refractivity (Wildman–Crippen MR) is 83.9 cm³/mol. The Balaban J connectivity index is 2.03. The number of aliphatic carboxylic acids is 1. The Kier molecular flexibility index (Phi) is 5.02. The van der Waals surface area contributed by atoms with Crippen LogP contribution in [0.2, 0.25) is 0 Å². The zero-order valence-electron chi connectivity index (χ0n) is 11.2. The second kappa shape index (κ2) is 6.96. The number of hydrogen-bond acceptors (Lipinski definition) is 2. The first-order chi connectivity index (χ1) is 9.63. The van der Waals surface area contributed by atoms with Gasteiger partial charge >= 0.3 is 5.97 Å². The molecule has 0 atom stereocenters. The largest absolute Gasteiger partial charge is 0.478 e. The van der Waals surface area contributed by atoms with Gasteiger partial charge in [-0.1, -0.05) is 42.0 Å².